The van der Waals surface area contributed by atoms with Gasteiger partial charge in [-0.15, -0.1) is 0 Å². The second kappa shape index (κ2) is 13.7. The summed E-state index contributed by atoms with van der Waals surface area (Å²) >= 11 is 6.61. The van der Waals surface area contributed by atoms with Crippen LogP contribution in [0, 0.1) is 19.3 Å². The minimum Gasteiger partial charge on any atom is -0.479 e. The normalized spacial score (nSPS) is 19.1. The number of carbonyl (C=O) groups is 1. The van der Waals surface area contributed by atoms with Crippen molar-refractivity contribution in [2.45, 2.75) is 105 Å². The third-order valence-corrected chi connectivity index (χ3v) is 10.9. The Morgan fingerprint density at radius 2 is 1.73 bits per heavy atom. The van der Waals surface area contributed by atoms with E-state index >= 15 is 0 Å². The molecule has 0 aliphatic carbocycles. The van der Waals surface area contributed by atoms with E-state index in [1.54, 1.807) is 0 Å². The maximum Gasteiger partial charge on any atom is 0.337 e. The van der Waals surface area contributed by atoms with E-state index in [4.69, 9.17) is 21.3 Å². The number of carboxylic acid groups (broad SMARTS) is 1. The molecule has 1 aromatic heterocycles. The predicted octanol–water partition coefficient (Wildman–Crippen LogP) is 8.35. The standard InChI is InChI=1S/C40H53ClN4O3/c1-26-10-8-11-32(41)31(26)24-44-19-14-28-22-29(12-13-30(28)23-44)35-33(25-43-17-9-18-43)42-27(2)34(37(38(46)47)48-39(3,4)5)36(35)45-20-15-40(6,7)16-21-45/h8,10-13,22,37H,9,14-21,23-25H2,1-7H3,(H,46,47)/t37-/m0/s1. The fourth-order valence-electron chi connectivity index (χ4n) is 7.49. The van der Waals surface area contributed by atoms with Gasteiger partial charge in [0.15, 0.2) is 6.10 Å². The highest BCUT2D eigenvalue weighted by atomic mass is 35.5. The molecule has 3 aliphatic rings. The summed E-state index contributed by atoms with van der Waals surface area (Å²) < 4.78 is 6.36. The Morgan fingerprint density at radius 1 is 1.00 bits per heavy atom. The Kier molecular flexibility index (Phi) is 9.98. The van der Waals surface area contributed by atoms with Crippen molar-refractivity contribution < 1.29 is 14.6 Å². The molecule has 2 aromatic carbocycles. The molecule has 8 heteroatoms. The predicted molar refractivity (Wildman–Crippen MR) is 195 cm³/mol. The summed E-state index contributed by atoms with van der Waals surface area (Å²) in [6.45, 7) is 21.8. The highest BCUT2D eigenvalue weighted by Crippen LogP contribution is 2.46. The summed E-state index contributed by atoms with van der Waals surface area (Å²) in [5, 5.41) is 11.5. The molecular formula is C40H53ClN4O3. The summed E-state index contributed by atoms with van der Waals surface area (Å²) in [4.78, 5) is 25.7. The molecule has 1 atom stereocenters. The van der Waals surface area contributed by atoms with Crippen LogP contribution in [0.3, 0.4) is 0 Å². The van der Waals surface area contributed by atoms with Crippen LogP contribution in [-0.2, 0) is 35.6 Å². The minimum absolute atomic E-state index is 0.244. The number of anilines is 1. The smallest absolute Gasteiger partial charge is 0.337 e. The van der Waals surface area contributed by atoms with Crippen molar-refractivity contribution in [3.05, 3.63) is 80.6 Å². The van der Waals surface area contributed by atoms with Gasteiger partial charge in [-0.25, -0.2) is 4.79 Å². The highest BCUT2D eigenvalue weighted by Gasteiger charge is 2.37. The number of hydrogen-bond donors (Lipinski definition) is 1. The monoisotopic (exact) mass is 672 g/mol. The zero-order chi connectivity index (χ0) is 34.4. The Morgan fingerprint density at radius 3 is 2.35 bits per heavy atom. The molecule has 6 rings (SSSR count). The summed E-state index contributed by atoms with van der Waals surface area (Å²) in [6.07, 6.45) is 3.09. The Hall–Kier alpha value is -2.97. The van der Waals surface area contributed by atoms with Crippen LogP contribution in [0.4, 0.5) is 5.69 Å². The number of fused-ring (bicyclic) bond motifs is 1. The molecule has 1 N–H and O–H groups in total. The number of aryl methyl sites for hydroxylation is 2. The third-order valence-electron chi connectivity index (χ3n) is 10.5. The average Bonchev–Trinajstić information content (AvgIpc) is 2.99. The van der Waals surface area contributed by atoms with Crippen molar-refractivity contribution in [1.29, 1.82) is 0 Å². The number of ether oxygens (including phenoxy) is 1. The fraction of sp³-hybridized carbons (Fsp3) is 0.550. The largest absolute Gasteiger partial charge is 0.479 e. The van der Waals surface area contributed by atoms with E-state index in [0.29, 0.717) is 5.56 Å². The van der Waals surface area contributed by atoms with Crippen LogP contribution in [0.25, 0.3) is 11.1 Å². The van der Waals surface area contributed by atoms with Gasteiger partial charge in [-0.1, -0.05) is 55.8 Å². The molecule has 4 heterocycles. The number of likely N-dealkylation sites (tertiary alicyclic amines) is 1. The number of benzene rings is 2. The number of aliphatic carboxylic acids is 1. The highest BCUT2D eigenvalue weighted by molar-refractivity contribution is 6.31. The SMILES string of the molecule is Cc1cccc(Cl)c1CN1CCc2cc(-c3c(CN4CCC4)nc(C)c([C@H](OC(C)(C)C)C(=O)O)c3N3CCC(C)(C)CC3)ccc2C1. The first kappa shape index (κ1) is 34.9. The van der Waals surface area contributed by atoms with Crippen molar-refractivity contribution in [1.82, 2.24) is 14.8 Å². The lowest BCUT2D eigenvalue weighted by Crippen LogP contribution is -2.40. The van der Waals surface area contributed by atoms with E-state index in [1.165, 1.54) is 28.7 Å². The summed E-state index contributed by atoms with van der Waals surface area (Å²) in [7, 11) is 0. The number of nitrogens with zero attached hydrogens (tertiary/aromatic N) is 4. The van der Waals surface area contributed by atoms with Crippen molar-refractivity contribution in [3.8, 4) is 11.1 Å². The lowest BCUT2D eigenvalue weighted by molar-refractivity contribution is -0.160. The average molecular weight is 673 g/mol. The summed E-state index contributed by atoms with van der Waals surface area (Å²) in [6, 6.07) is 13.0. The summed E-state index contributed by atoms with van der Waals surface area (Å²) in [5.41, 5.74) is 10.4. The number of hydrogen-bond acceptors (Lipinski definition) is 6. The Balaban J connectivity index is 1.46. The first-order chi connectivity index (χ1) is 22.7. The zero-order valence-electron chi connectivity index (χ0n) is 30.0. The molecule has 7 nitrogen and oxygen atoms in total. The van der Waals surface area contributed by atoms with E-state index in [0.717, 1.165) is 105 Å². The maximum absolute atomic E-state index is 13.0. The van der Waals surface area contributed by atoms with E-state index in [-0.39, 0.29) is 5.41 Å². The molecule has 0 amide bonds. The molecule has 0 spiro atoms. The zero-order valence-corrected chi connectivity index (χ0v) is 30.7. The first-order valence-corrected chi connectivity index (χ1v) is 18.1. The fourth-order valence-corrected chi connectivity index (χ4v) is 7.77. The number of piperidine rings is 1. The molecular weight excluding hydrogens is 620 g/mol. The molecule has 48 heavy (non-hydrogen) atoms. The number of halogens is 1. The summed E-state index contributed by atoms with van der Waals surface area (Å²) in [5.74, 6) is -0.978. The number of pyridine rings is 1. The van der Waals surface area contributed by atoms with Gasteiger partial charge in [-0.2, -0.15) is 0 Å². The molecule has 0 unspecified atom stereocenters. The quantitative estimate of drug-likeness (QED) is 0.245. The van der Waals surface area contributed by atoms with E-state index in [1.807, 2.05) is 39.8 Å². The van der Waals surface area contributed by atoms with Crippen LogP contribution >= 0.6 is 11.6 Å². The van der Waals surface area contributed by atoms with Crippen LogP contribution in [-0.4, -0.2) is 64.2 Å². The lowest BCUT2D eigenvalue weighted by atomic mass is 9.81. The van der Waals surface area contributed by atoms with Crippen LogP contribution in [0.15, 0.2) is 36.4 Å². The van der Waals surface area contributed by atoms with Gasteiger partial charge in [-0.3, -0.25) is 14.8 Å². The van der Waals surface area contributed by atoms with Crippen molar-refractivity contribution in [2.24, 2.45) is 5.41 Å². The van der Waals surface area contributed by atoms with Crippen LogP contribution in [0.1, 0.15) is 99.2 Å². The Bertz CT molecular complexity index is 1650. The van der Waals surface area contributed by atoms with Gasteiger partial charge in [0.05, 0.1) is 17.0 Å². The first-order valence-electron chi connectivity index (χ1n) is 17.7. The maximum atomic E-state index is 13.0. The molecule has 2 saturated heterocycles. The topological polar surface area (TPSA) is 69.1 Å². The van der Waals surface area contributed by atoms with Gasteiger partial charge in [0.1, 0.15) is 0 Å². The number of carboxylic acids is 1. The molecule has 0 saturated carbocycles. The van der Waals surface area contributed by atoms with E-state index in [9.17, 15) is 9.90 Å². The van der Waals surface area contributed by atoms with E-state index < -0.39 is 17.7 Å². The molecule has 3 aliphatic heterocycles. The van der Waals surface area contributed by atoms with Crippen molar-refractivity contribution >= 4 is 23.3 Å². The number of aromatic nitrogens is 1. The molecule has 0 radical (unpaired) electrons. The molecule has 0 bridgehead atoms. The second-order valence-electron chi connectivity index (χ2n) is 16.0. The minimum atomic E-state index is -1.13. The van der Waals surface area contributed by atoms with E-state index in [2.05, 4.69) is 59.7 Å². The lowest BCUT2D eigenvalue weighted by Gasteiger charge is -2.42. The van der Waals surface area contributed by atoms with Gasteiger partial charge in [0, 0.05) is 61.1 Å². The second-order valence-corrected chi connectivity index (χ2v) is 16.4. The molecule has 258 valence electrons. The third kappa shape index (κ3) is 7.60. The van der Waals surface area contributed by atoms with Crippen LogP contribution < -0.4 is 4.90 Å². The molecule has 2 fully saturated rings. The van der Waals surface area contributed by atoms with Crippen molar-refractivity contribution in [2.75, 3.05) is 37.6 Å². The number of rotatable bonds is 9. The molecule has 3 aromatic rings. The van der Waals surface area contributed by atoms with Gasteiger partial charge < -0.3 is 14.7 Å². The van der Waals surface area contributed by atoms with Gasteiger partial charge in [0.25, 0.3) is 0 Å². The van der Waals surface area contributed by atoms with Crippen LogP contribution in [0.2, 0.25) is 5.02 Å². The Labute approximate surface area is 292 Å². The van der Waals surface area contributed by atoms with Gasteiger partial charge >= 0.3 is 5.97 Å². The van der Waals surface area contributed by atoms with Gasteiger partial charge in [-0.05, 0) is 113 Å². The van der Waals surface area contributed by atoms with Gasteiger partial charge in [0.2, 0.25) is 0 Å². The van der Waals surface area contributed by atoms with Crippen molar-refractivity contribution in [3.63, 3.8) is 0 Å². The van der Waals surface area contributed by atoms with Crippen LogP contribution in [0.5, 0.6) is 0 Å².